The minimum Gasteiger partial charge on any atom is -0.484 e. The van der Waals surface area contributed by atoms with Crippen molar-refractivity contribution in [3.05, 3.63) is 57.7 Å². The number of halogens is 1. The van der Waals surface area contributed by atoms with E-state index < -0.39 is 10.0 Å². The van der Waals surface area contributed by atoms with Crippen molar-refractivity contribution >= 4 is 38.5 Å². The molecule has 0 heterocycles. The second kappa shape index (κ2) is 8.63. The van der Waals surface area contributed by atoms with Crippen LogP contribution < -0.4 is 10.1 Å². The summed E-state index contributed by atoms with van der Waals surface area (Å²) in [4.78, 5) is 12.2. The molecule has 0 bridgehead atoms. The standard InChI is InChI=1S/C17H19IN2O4S/c1-20(2)25(22,23)16-9-4-3-6-13(16)11-19-17(21)12-24-15-8-5-7-14(18)10-15/h3-10H,11-12H2,1-2H3,(H,19,21). The fourth-order valence-electron chi connectivity index (χ4n) is 2.05. The molecule has 2 rings (SSSR count). The lowest BCUT2D eigenvalue weighted by Crippen LogP contribution is -2.30. The van der Waals surface area contributed by atoms with Crippen LogP contribution in [0.4, 0.5) is 0 Å². The molecule has 0 fully saturated rings. The lowest BCUT2D eigenvalue weighted by atomic mass is 10.2. The quantitative estimate of drug-likeness (QED) is 0.625. The van der Waals surface area contributed by atoms with E-state index >= 15 is 0 Å². The molecule has 1 N–H and O–H groups in total. The van der Waals surface area contributed by atoms with Gasteiger partial charge in [0.05, 0.1) is 4.90 Å². The van der Waals surface area contributed by atoms with Gasteiger partial charge in [0.2, 0.25) is 10.0 Å². The Morgan fingerprint density at radius 2 is 1.88 bits per heavy atom. The number of hydrogen-bond acceptors (Lipinski definition) is 4. The molecule has 2 aromatic carbocycles. The molecule has 0 spiro atoms. The van der Waals surface area contributed by atoms with E-state index in [-0.39, 0.29) is 24.0 Å². The molecular weight excluding hydrogens is 455 g/mol. The van der Waals surface area contributed by atoms with Crippen molar-refractivity contribution in [2.75, 3.05) is 20.7 Å². The Morgan fingerprint density at radius 1 is 1.16 bits per heavy atom. The number of rotatable bonds is 7. The predicted octanol–water partition coefficient (Wildman–Crippen LogP) is 2.24. The second-order valence-corrected chi connectivity index (χ2v) is 8.78. The molecule has 0 aliphatic rings. The predicted molar refractivity (Wildman–Crippen MR) is 104 cm³/mol. The average molecular weight is 474 g/mol. The van der Waals surface area contributed by atoms with Crippen LogP contribution >= 0.6 is 22.6 Å². The second-order valence-electron chi connectivity index (χ2n) is 5.42. The Morgan fingerprint density at radius 3 is 2.56 bits per heavy atom. The third-order valence-electron chi connectivity index (χ3n) is 3.37. The zero-order valence-corrected chi connectivity index (χ0v) is 16.9. The summed E-state index contributed by atoms with van der Waals surface area (Å²) in [6.45, 7) is -0.0273. The van der Waals surface area contributed by atoms with Crippen LogP contribution in [0, 0.1) is 3.57 Å². The summed E-state index contributed by atoms with van der Waals surface area (Å²) in [6, 6.07) is 14.0. The van der Waals surface area contributed by atoms with E-state index in [1.807, 2.05) is 18.2 Å². The van der Waals surface area contributed by atoms with Gasteiger partial charge in [-0.3, -0.25) is 4.79 Å². The molecule has 2 aromatic rings. The number of carbonyl (C=O) groups excluding carboxylic acids is 1. The first kappa shape index (κ1) is 19.7. The maximum atomic E-state index is 12.3. The Balaban J connectivity index is 1.98. The summed E-state index contributed by atoms with van der Waals surface area (Å²) in [5.74, 6) is 0.286. The topological polar surface area (TPSA) is 75.7 Å². The summed E-state index contributed by atoms with van der Waals surface area (Å²) < 4.78 is 32.2. The molecule has 0 radical (unpaired) electrons. The highest BCUT2D eigenvalue weighted by Crippen LogP contribution is 2.18. The van der Waals surface area contributed by atoms with E-state index in [0.717, 1.165) is 7.88 Å². The molecule has 0 aromatic heterocycles. The summed E-state index contributed by atoms with van der Waals surface area (Å²) >= 11 is 2.16. The highest BCUT2D eigenvalue weighted by Gasteiger charge is 2.20. The van der Waals surface area contributed by atoms with Crippen molar-refractivity contribution in [1.29, 1.82) is 0 Å². The maximum Gasteiger partial charge on any atom is 0.258 e. The van der Waals surface area contributed by atoms with Crippen molar-refractivity contribution in [2.24, 2.45) is 0 Å². The van der Waals surface area contributed by atoms with Gasteiger partial charge in [-0.1, -0.05) is 24.3 Å². The number of benzene rings is 2. The normalized spacial score (nSPS) is 11.4. The number of sulfonamides is 1. The smallest absolute Gasteiger partial charge is 0.258 e. The van der Waals surface area contributed by atoms with E-state index in [1.54, 1.807) is 24.3 Å². The van der Waals surface area contributed by atoms with Gasteiger partial charge < -0.3 is 10.1 Å². The van der Waals surface area contributed by atoms with E-state index in [0.29, 0.717) is 11.3 Å². The molecule has 0 aliphatic carbocycles. The van der Waals surface area contributed by atoms with Crippen LogP contribution in [0.1, 0.15) is 5.56 Å². The molecule has 8 heteroatoms. The van der Waals surface area contributed by atoms with E-state index in [9.17, 15) is 13.2 Å². The zero-order chi connectivity index (χ0) is 18.4. The fraction of sp³-hybridized carbons (Fsp3) is 0.235. The van der Waals surface area contributed by atoms with Crippen molar-refractivity contribution in [1.82, 2.24) is 9.62 Å². The minimum atomic E-state index is -3.57. The Bertz CT molecular complexity index is 853. The molecule has 0 aliphatic heterocycles. The molecule has 25 heavy (non-hydrogen) atoms. The summed E-state index contributed by atoms with van der Waals surface area (Å²) in [5, 5.41) is 2.69. The van der Waals surface area contributed by atoms with Gasteiger partial charge in [0.15, 0.2) is 6.61 Å². The van der Waals surface area contributed by atoms with Gasteiger partial charge in [-0.05, 0) is 52.4 Å². The van der Waals surface area contributed by atoms with E-state index in [2.05, 4.69) is 27.9 Å². The van der Waals surface area contributed by atoms with E-state index in [4.69, 9.17) is 4.74 Å². The lowest BCUT2D eigenvalue weighted by molar-refractivity contribution is -0.123. The monoisotopic (exact) mass is 474 g/mol. The first-order valence-corrected chi connectivity index (χ1v) is 9.98. The first-order valence-electron chi connectivity index (χ1n) is 7.46. The Hall–Kier alpha value is -1.65. The van der Waals surface area contributed by atoms with Crippen LogP contribution in [0.2, 0.25) is 0 Å². The minimum absolute atomic E-state index is 0.109. The molecule has 0 atom stereocenters. The SMILES string of the molecule is CN(C)S(=O)(=O)c1ccccc1CNC(=O)COc1cccc(I)c1. The number of amides is 1. The number of nitrogens with one attached hydrogen (secondary N) is 1. The Kier molecular flexibility index (Phi) is 6.79. The van der Waals surface area contributed by atoms with Gasteiger partial charge in [-0.2, -0.15) is 0 Å². The number of ether oxygens (including phenoxy) is 1. The van der Waals surface area contributed by atoms with Crippen LogP contribution in [-0.4, -0.2) is 39.3 Å². The molecule has 0 unspecified atom stereocenters. The molecule has 0 saturated heterocycles. The van der Waals surface area contributed by atoms with Crippen LogP contribution in [-0.2, 0) is 21.4 Å². The van der Waals surface area contributed by atoms with E-state index in [1.165, 1.54) is 20.2 Å². The third kappa shape index (κ3) is 5.41. The van der Waals surface area contributed by atoms with Gasteiger partial charge in [0.25, 0.3) is 5.91 Å². The number of hydrogen-bond donors (Lipinski definition) is 1. The molecular formula is C17H19IN2O4S. The zero-order valence-electron chi connectivity index (χ0n) is 13.9. The molecule has 0 saturated carbocycles. The van der Waals surface area contributed by atoms with Crippen LogP contribution in [0.3, 0.4) is 0 Å². The number of carbonyl (C=O) groups is 1. The fourth-order valence-corrected chi connectivity index (χ4v) is 3.68. The third-order valence-corrected chi connectivity index (χ3v) is 5.96. The first-order chi connectivity index (χ1) is 11.8. The van der Waals surface area contributed by atoms with Gasteiger partial charge in [0.1, 0.15) is 5.75 Å². The highest BCUT2D eigenvalue weighted by molar-refractivity contribution is 14.1. The van der Waals surface area contributed by atoms with Gasteiger partial charge in [-0.15, -0.1) is 0 Å². The van der Waals surface area contributed by atoms with Gasteiger partial charge in [-0.25, -0.2) is 12.7 Å². The summed E-state index contributed by atoms with van der Waals surface area (Å²) in [5.41, 5.74) is 0.527. The van der Waals surface area contributed by atoms with Crippen molar-refractivity contribution in [2.45, 2.75) is 11.4 Å². The van der Waals surface area contributed by atoms with Crippen molar-refractivity contribution < 1.29 is 17.9 Å². The average Bonchev–Trinajstić information content (AvgIpc) is 2.58. The lowest BCUT2D eigenvalue weighted by Gasteiger charge is -2.15. The van der Waals surface area contributed by atoms with Crippen molar-refractivity contribution in [3.63, 3.8) is 0 Å². The Labute approximate surface area is 161 Å². The number of nitrogens with zero attached hydrogens (tertiary/aromatic N) is 1. The van der Waals surface area contributed by atoms with Crippen LogP contribution in [0.15, 0.2) is 53.4 Å². The summed E-state index contributed by atoms with van der Waals surface area (Å²) in [6.07, 6.45) is 0. The maximum absolute atomic E-state index is 12.3. The summed E-state index contributed by atoms with van der Waals surface area (Å²) in [7, 11) is -0.622. The van der Waals surface area contributed by atoms with Crippen molar-refractivity contribution in [3.8, 4) is 5.75 Å². The highest BCUT2D eigenvalue weighted by atomic mass is 127. The molecule has 1 amide bonds. The molecule has 134 valence electrons. The van der Waals surface area contributed by atoms with Gasteiger partial charge >= 0.3 is 0 Å². The molecule has 6 nitrogen and oxygen atoms in total. The van der Waals surface area contributed by atoms with Crippen LogP contribution in [0.25, 0.3) is 0 Å². The largest absolute Gasteiger partial charge is 0.484 e. The van der Waals surface area contributed by atoms with Crippen LogP contribution in [0.5, 0.6) is 5.75 Å². The van der Waals surface area contributed by atoms with Gasteiger partial charge in [0, 0.05) is 24.2 Å².